The number of hydrogen-bond donors (Lipinski definition) is 1. The molecule has 0 saturated carbocycles. The molecule has 0 aliphatic rings. The smallest absolute Gasteiger partial charge is 0.130 e. The molecule has 0 spiro atoms. The minimum Gasteiger partial charge on any atom is -0.496 e. The number of likely N-dealkylation sites (N-methyl/N-ethyl adjacent to an activating group) is 1. The molecule has 106 valence electrons. The lowest BCUT2D eigenvalue weighted by Crippen LogP contribution is -2.31. The summed E-state index contributed by atoms with van der Waals surface area (Å²) in [6, 6.07) is 14.1. The second kappa shape index (κ2) is 6.28. The number of anilines is 2. The number of ether oxygens (including phenoxy) is 1. The lowest BCUT2D eigenvalue weighted by atomic mass is 10.1. The molecule has 4 nitrogen and oxygen atoms in total. The Bertz CT molecular complexity index is 571. The molecule has 1 aromatic carbocycles. The molecule has 1 unspecified atom stereocenters. The topological polar surface area (TPSA) is 51.4 Å². The van der Waals surface area contributed by atoms with Crippen molar-refractivity contribution in [1.29, 1.82) is 0 Å². The molecule has 0 saturated heterocycles. The number of rotatable bonds is 5. The first kappa shape index (κ1) is 14.2. The van der Waals surface area contributed by atoms with Crippen molar-refractivity contribution in [2.75, 3.05) is 24.8 Å². The van der Waals surface area contributed by atoms with Crippen molar-refractivity contribution >= 4 is 11.6 Å². The highest BCUT2D eigenvalue weighted by Gasteiger charge is 2.14. The number of aromatic nitrogens is 1. The molecule has 2 N–H and O–H groups in total. The summed E-state index contributed by atoms with van der Waals surface area (Å²) < 4.78 is 5.40. The van der Waals surface area contributed by atoms with E-state index in [0.29, 0.717) is 11.9 Å². The summed E-state index contributed by atoms with van der Waals surface area (Å²) in [5.74, 6) is 2.35. The Morgan fingerprint density at radius 3 is 2.65 bits per heavy atom. The summed E-state index contributed by atoms with van der Waals surface area (Å²) in [5, 5.41) is 0. The van der Waals surface area contributed by atoms with Crippen molar-refractivity contribution in [3.8, 4) is 5.75 Å². The van der Waals surface area contributed by atoms with Crippen LogP contribution in [0.25, 0.3) is 0 Å². The van der Waals surface area contributed by atoms with Gasteiger partial charge in [0.15, 0.2) is 0 Å². The largest absolute Gasteiger partial charge is 0.496 e. The number of nitrogens with two attached hydrogens (primary N) is 1. The number of para-hydroxylation sites is 1. The summed E-state index contributed by atoms with van der Waals surface area (Å²) in [5.41, 5.74) is 6.93. The van der Waals surface area contributed by atoms with Crippen molar-refractivity contribution in [3.63, 3.8) is 0 Å². The van der Waals surface area contributed by atoms with E-state index in [4.69, 9.17) is 10.5 Å². The second-order valence-corrected chi connectivity index (χ2v) is 4.90. The van der Waals surface area contributed by atoms with Crippen LogP contribution in [0.15, 0.2) is 42.5 Å². The van der Waals surface area contributed by atoms with Crippen LogP contribution in [-0.4, -0.2) is 25.2 Å². The van der Waals surface area contributed by atoms with E-state index in [9.17, 15) is 0 Å². The fourth-order valence-corrected chi connectivity index (χ4v) is 2.19. The molecule has 0 aliphatic carbocycles. The summed E-state index contributed by atoms with van der Waals surface area (Å²) in [6.07, 6.45) is 0.886. The predicted octanol–water partition coefficient (Wildman–Crippen LogP) is 2.74. The molecule has 1 aromatic heterocycles. The monoisotopic (exact) mass is 271 g/mol. The van der Waals surface area contributed by atoms with Crippen LogP contribution in [-0.2, 0) is 6.42 Å². The van der Waals surface area contributed by atoms with Crippen LogP contribution in [0.1, 0.15) is 12.5 Å². The molecule has 2 aromatic rings. The molecular formula is C16H21N3O. The third-order valence-electron chi connectivity index (χ3n) is 3.49. The average molecular weight is 271 g/mol. The molecule has 0 radical (unpaired) electrons. The number of methoxy groups -OCH3 is 1. The highest BCUT2D eigenvalue weighted by Crippen LogP contribution is 2.22. The Balaban J connectivity index is 2.13. The molecule has 0 amide bonds. The van der Waals surface area contributed by atoms with Gasteiger partial charge in [-0.05, 0) is 37.1 Å². The molecule has 1 heterocycles. The van der Waals surface area contributed by atoms with Gasteiger partial charge in [-0.1, -0.05) is 24.3 Å². The highest BCUT2D eigenvalue weighted by molar-refractivity contribution is 5.45. The maximum atomic E-state index is 5.74. The van der Waals surface area contributed by atoms with Crippen LogP contribution in [0.2, 0.25) is 0 Å². The van der Waals surface area contributed by atoms with Gasteiger partial charge in [-0.2, -0.15) is 0 Å². The van der Waals surface area contributed by atoms with Crippen LogP contribution in [0, 0.1) is 0 Å². The highest BCUT2D eigenvalue weighted by atomic mass is 16.5. The van der Waals surface area contributed by atoms with Gasteiger partial charge in [0.1, 0.15) is 17.4 Å². The van der Waals surface area contributed by atoms with Gasteiger partial charge in [-0.15, -0.1) is 0 Å². The van der Waals surface area contributed by atoms with Crippen LogP contribution in [0.5, 0.6) is 5.75 Å². The van der Waals surface area contributed by atoms with Crippen molar-refractivity contribution in [3.05, 3.63) is 48.0 Å². The minimum absolute atomic E-state index is 0.292. The standard InChI is InChI=1S/C16H21N3O/c1-12(11-13-7-4-5-8-14(13)20-3)19(2)16-10-6-9-15(17)18-16/h4-10,12H,11H2,1-3H3,(H2,17,18). The average Bonchev–Trinajstić information content (AvgIpc) is 2.47. The maximum absolute atomic E-state index is 5.74. The molecular weight excluding hydrogens is 250 g/mol. The van der Waals surface area contributed by atoms with Gasteiger partial charge in [0.05, 0.1) is 7.11 Å². The molecule has 4 heteroatoms. The van der Waals surface area contributed by atoms with Crippen LogP contribution in [0.4, 0.5) is 11.6 Å². The van der Waals surface area contributed by atoms with Gasteiger partial charge in [-0.3, -0.25) is 0 Å². The van der Waals surface area contributed by atoms with Crippen molar-refractivity contribution in [2.24, 2.45) is 0 Å². The Morgan fingerprint density at radius 2 is 1.95 bits per heavy atom. The Labute approximate surface area is 120 Å². The van der Waals surface area contributed by atoms with Gasteiger partial charge < -0.3 is 15.4 Å². The van der Waals surface area contributed by atoms with Gasteiger partial charge in [-0.25, -0.2) is 4.98 Å². The number of nitrogen functional groups attached to an aromatic ring is 1. The fraction of sp³-hybridized carbons (Fsp3) is 0.312. The zero-order valence-corrected chi connectivity index (χ0v) is 12.2. The van der Waals surface area contributed by atoms with E-state index in [1.807, 2.05) is 37.4 Å². The number of benzene rings is 1. The first-order valence-electron chi connectivity index (χ1n) is 6.69. The Morgan fingerprint density at radius 1 is 1.20 bits per heavy atom. The molecule has 0 bridgehead atoms. The SMILES string of the molecule is COc1ccccc1CC(C)N(C)c1cccc(N)n1. The van der Waals surface area contributed by atoms with Gasteiger partial charge in [0, 0.05) is 13.1 Å². The molecule has 0 fully saturated rings. The Kier molecular flexibility index (Phi) is 4.45. The van der Waals surface area contributed by atoms with Crippen LogP contribution >= 0.6 is 0 Å². The number of hydrogen-bond acceptors (Lipinski definition) is 4. The van der Waals surface area contributed by atoms with Crippen molar-refractivity contribution < 1.29 is 4.74 Å². The lowest BCUT2D eigenvalue weighted by Gasteiger charge is -2.26. The molecule has 2 rings (SSSR count). The summed E-state index contributed by atoms with van der Waals surface area (Å²) in [7, 11) is 3.73. The first-order valence-corrected chi connectivity index (χ1v) is 6.69. The summed E-state index contributed by atoms with van der Waals surface area (Å²) in [6.45, 7) is 2.16. The summed E-state index contributed by atoms with van der Waals surface area (Å²) >= 11 is 0. The van der Waals surface area contributed by atoms with E-state index in [2.05, 4.69) is 22.9 Å². The van der Waals surface area contributed by atoms with Gasteiger partial charge >= 0.3 is 0 Å². The fourth-order valence-electron chi connectivity index (χ4n) is 2.19. The third-order valence-corrected chi connectivity index (χ3v) is 3.49. The first-order chi connectivity index (χ1) is 9.61. The van der Waals surface area contributed by atoms with Gasteiger partial charge in [0.25, 0.3) is 0 Å². The predicted molar refractivity (Wildman–Crippen MR) is 83.2 cm³/mol. The van der Waals surface area contributed by atoms with Crippen molar-refractivity contribution in [1.82, 2.24) is 4.98 Å². The lowest BCUT2D eigenvalue weighted by molar-refractivity contribution is 0.408. The van der Waals surface area contributed by atoms with E-state index in [-0.39, 0.29) is 0 Å². The van der Waals surface area contributed by atoms with E-state index < -0.39 is 0 Å². The van der Waals surface area contributed by atoms with Gasteiger partial charge in [0.2, 0.25) is 0 Å². The normalized spacial score (nSPS) is 11.9. The quantitative estimate of drug-likeness (QED) is 0.908. The summed E-state index contributed by atoms with van der Waals surface area (Å²) in [4.78, 5) is 6.48. The zero-order valence-electron chi connectivity index (χ0n) is 12.2. The van der Waals surface area contributed by atoms with Crippen LogP contribution in [0.3, 0.4) is 0 Å². The van der Waals surface area contributed by atoms with E-state index >= 15 is 0 Å². The molecule has 0 aliphatic heterocycles. The second-order valence-electron chi connectivity index (χ2n) is 4.90. The molecule has 1 atom stereocenters. The number of pyridine rings is 1. The maximum Gasteiger partial charge on any atom is 0.130 e. The minimum atomic E-state index is 0.292. The molecule has 20 heavy (non-hydrogen) atoms. The number of nitrogens with zero attached hydrogens (tertiary/aromatic N) is 2. The van der Waals surface area contributed by atoms with Crippen LogP contribution < -0.4 is 15.4 Å². The van der Waals surface area contributed by atoms with E-state index in [1.165, 1.54) is 5.56 Å². The Hall–Kier alpha value is -2.23. The van der Waals surface area contributed by atoms with E-state index in [1.54, 1.807) is 13.2 Å². The third kappa shape index (κ3) is 3.20. The van der Waals surface area contributed by atoms with Crippen molar-refractivity contribution in [2.45, 2.75) is 19.4 Å². The van der Waals surface area contributed by atoms with E-state index in [0.717, 1.165) is 18.0 Å². The zero-order chi connectivity index (χ0) is 14.5.